The van der Waals surface area contributed by atoms with Gasteiger partial charge in [-0.25, -0.2) is 9.50 Å². The molecule has 0 saturated heterocycles. The van der Waals surface area contributed by atoms with Crippen LogP contribution in [-0.2, 0) is 6.18 Å². The Balaban J connectivity index is 2.00. The molecule has 0 radical (unpaired) electrons. The number of hydrogen-bond donors (Lipinski definition) is 0. The van der Waals surface area contributed by atoms with Gasteiger partial charge in [0.2, 0.25) is 0 Å². The monoisotopic (exact) mass is 425 g/mol. The fraction of sp³-hybridized carbons (Fsp3) is 0.429. The zero-order chi connectivity index (χ0) is 21.4. The van der Waals surface area contributed by atoms with Crippen molar-refractivity contribution in [3.8, 4) is 16.9 Å². The van der Waals surface area contributed by atoms with Crippen molar-refractivity contribution in [1.82, 2.24) is 14.6 Å². The molecule has 0 atom stereocenters. The summed E-state index contributed by atoms with van der Waals surface area (Å²) in [4.78, 5) is 4.18. The molecule has 0 unspecified atom stereocenters. The van der Waals surface area contributed by atoms with Crippen molar-refractivity contribution in [3.05, 3.63) is 47.4 Å². The van der Waals surface area contributed by atoms with E-state index in [2.05, 4.69) is 23.9 Å². The minimum atomic E-state index is -4.56. The first-order chi connectivity index (χ1) is 13.5. The van der Waals surface area contributed by atoms with Crippen LogP contribution in [0, 0.1) is 11.3 Å². The predicted octanol–water partition coefficient (Wildman–Crippen LogP) is 6.52. The molecule has 0 aliphatic rings. The average molecular weight is 426 g/mol. The Morgan fingerprint density at radius 3 is 2.55 bits per heavy atom. The second-order valence-electron chi connectivity index (χ2n) is 8.34. The van der Waals surface area contributed by atoms with Gasteiger partial charge < -0.3 is 4.74 Å². The topological polar surface area (TPSA) is 39.4 Å². The van der Waals surface area contributed by atoms with Gasteiger partial charge in [0.05, 0.1) is 12.2 Å². The number of imidazole rings is 1. The summed E-state index contributed by atoms with van der Waals surface area (Å²) in [5.74, 6) is 0.240. The highest BCUT2D eigenvalue weighted by molar-refractivity contribution is 6.29. The molecule has 0 amide bonds. The van der Waals surface area contributed by atoms with Crippen LogP contribution in [0.2, 0.25) is 5.15 Å². The van der Waals surface area contributed by atoms with E-state index in [1.807, 2.05) is 13.8 Å². The van der Waals surface area contributed by atoms with E-state index in [-0.39, 0.29) is 22.9 Å². The van der Waals surface area contributed by atoms with Crippen molar-refractivity contribution in [2.24, 2.45) is 11.3 Å². The van der Waals surface area contributed by atoms with Gasteiger partial charge in [-0.2, -0.15) is 18.3 Å². The zero-order valence-electron chi connectivity index (χ0n) is 16.7. The highest BCUT2D eigenvalue weighted by atomic mass is 35.5. The summed E-state index contributed by atoms with van der Waals surface area (Å²) in [6.45, 7) is 8.33. The molecule has 0 aliphatic carbocycles. The molecule has 0 aliphatic heterocycles. The number of benzene rings is 1. The van der Waals surface area contributed by atoms with E-state index in [9.17, 15) is 13.2 Å². The molecule has 156 valence electrons. The predicted molar refractivity (Wildman–Crippen MR) is 107 cm³/mol. The lowest BCUT2D eigenvalue weighted by molar-refractivity contribution is -0.139. The van der Waals surface area contributed by atoms with E-state index in [0.717, 1.165) is 12.5 Å². The molecule has 4 nitrogen and oxygen atoms in total. The molecule has 3 aromatic rings. The van der Waals surface area contributed by atoms with Crippen LogP contribution in [0.15, 0.2) is 36.7 Å². The molecule has 0 spiro atoms. The number of fused-ring (bicyclic) bond motifs is 1. The minimum Gasteiger partial charge on any atom is -0.492 e. The Hall–Kier alpha value is -2.28. The Morgan fingerprint density at radius 1 is 1.17 bits per heavy atom. The van der Waals surface area contributed by atoms with Crippen LogP contribution in [0.1, 0.15) is 39.7 Å². The Labute approximate surface area is 172 Å². The summed E-state index contributed by atoms with van der Waals surface area (Å²) < 4.78 is 48.4. The van der Waals surface area contributed by atoms with Crippen LogP contribution in [0.5, 0.6) is 5.75 Å². The van der Waals surface area contributed by atoms with E-state index >= 15 is 0 Å². The smallest absolute Gasteiger partial charge is 0.419 e. The molecule has 0 bridgehead atoms. The SMILES string of the molecule is CC(C)CC(C)(C)COc1ccc(-c2cc(Cl)nn3ccnc23)cc1C(F)(F)F. The van der Waals surface area contributed by atoms with Gasteiger partial charge in [0.25, 0.3) is 0 Å². The van der Waals surface area contributed by atoms with Crippen LogP contribution >= 0.6 is 11.6 Å². The number of nitrogens with zero attached hydrogens (tertiary/aromatic N) is 3. The fourth-order valence-corrected chi connectivity index (χ4v) is 3.77. The number of rotatable bonds is 6. The number of halogens is 4. The molecule has 3 rings (SSSR count). The first-order valence-corrected chi connectivity index (χ1v) is 9.68. The van der Waals surface area contributed by atoms with Gasteiger partial charge in [-0.15, -0.1) is 0 Å². The molecule has 2 aromatic heterocycles. The second kappa shape index (κ2) is 7.86. The van der Waals surface area contributed by atoms with Crippen LogP contribution in [0.25, 0.3) is 16.8 Å². The normalized spacial score (nSPS) is 12.7. The minimum absolute atomic E-state index is 0.162. The number of alkyl halides is 3. The maximum atomic E-state index is 13.8. The van der Waals surface area contributed by atoms with Crippen LogP contribution in [-0.4, -0.2) is 21.2 Å². The van der Waals surface area contributed by atoms with E-state index in [4.69, 9.17) is 16.3 Å². The third-order valence-corrected chi connectivity index (χ3v) is 4.69. The third-order valence-electron chi connectivity index (χ3n) is 4.50. The highest BCUT2D eigenvalue weighted by Gasteiger charge is 2.35. The van der Waals surface area contributed by atoms with Gasteiger partial charge in [0.15, 0.2) is 10.8 Å². The average Bonchev–Trinajstić information content (AvgIpc) is 3.05. The van der Waals surface area contributed by atoms with Gasteiger partial charge in [-0.05, 0) is 41.5 Å². The summed E-state index contributed by atoms with van der Waals surface area (Å²) in [5.41, 5.74) is 0.164. The van der Waals surface area contributed by atoms with Crippen molar-refractivity contribution in [3.63, 3.8) is 0 Å². The van der Waals surface area contributed by atoms with Crippen LogP contribution in [0.4, 0.5) is 13.2 Å². The summed E-state index contributed by atoms with van der Waals surface area (Å²) in [5, 5.41) is 4.23. The van der Waals surface area contributed by atoms with E-state index in [1.54, 1.807) is 12.3 Å². The van der Waals surface area contributed by atoms with Crippen LogP contribution < -0.4 is 4.74 Å². The molecule has 29 heavy (non-hydrogen) atoms. The van der Waals surface area contributed by atoms with Gasteiger partial charge in [-0.3, -0.25) is 0 Å². The summed E-state index contributed by atoms with van der Waals surface area (Å²) in [6, 6.07) is 5.52. The maximum absolute atomic E-state index is 13.8. The molecule has 0 fully saturated rings. The molecule has 1 aromatic carbocycles. The van der Waals surface area contributed by atoms with Crippen LogP contribution in [0.3, 0.4) is 0 Å². The van der Waals surface area contributed by atoms with Gasteiger partial charge in [0.1, 0.15) is 5.75 Å². The third kappa shape index (κ3) is 5.01. The number of hydrogen-bond acceptors (Lipinski definition) is 3. The van der Waals surface area contributed by atoms with Crippen molar-refractivity contribution < 1.29 is 17.9 Å². The van der Waals surface area contributed by atoms with Crippen molar-refractivity contribution in [1.29, 1.82) is 0 Å². The Bertz CT molecular complexity index is 1010. The lowest BCUT2D eigenvalue weighted by Crippen LogP contribution is -2.24. The van der Waals surface area contributed by atoms with Gasteiger partial charge in [-0.1, -0.05) is 45.4 Å². The molecule has 2 heterocycles. The highest BCUT2D eigenvalue weighted by Crippen LogP contribution is 2.40. The van der Waals surface area contributed by atoms with Gasteiger partial charge >= 0.3 is 6.18 Å². The lowest BCUT2D eigenvalue weighted by Gasteiger charge is -2.27. The molecule has 0 saturated carbocycles. The van der Waals surface area contributed by atoms with Crippen molar-refractivity contribution in [2.45, 2.75) is 40.3 Å². The quantitative estimate of drug-likeness (QED) is 0.451. The largest absolute Gasteiger partial charge is 0.492 e. The summed E-state index contributed by atoms with van der Waals surface area (Å²) in [6.07, 6.45) is -0.610. The second-order valence-corrected chi connectivity index (χ2v) is 8.72. The zero-order valence-corrected chi connectivity index (χ0v) is 17.5. The molecular formula is C21H23ClF3N3O. The standard InChI is InChI=1S/C21H23ClF3N3O/c1-13(2)11-20(3,4)12-29-17-6-5-14(9-16(17)21(23,24)25)15-10-18(22)27-28-8-7-26-19(15)28/h5-10,13H,11-12H2,1-4H3. The lowest BCUT2D eigenvalue weighted by atomic mass is 9.85. The first-order valence-electron chi connectivity index (χ1n) is 9.30. The Kier molecular flexibility index (Phi) is 5.81. The van der Waals surface area contributed by atoms with Crippen molar-refractivity contribution >= 4 is 17.2 Å². The Morgan fingerprint density at radius 2 is 1.90 bits per heavy atom. The fourth-order valence-electron chi connectivity index (χ4n) is 3.58. The van der Waals surface area contributed by atoms with Gasteiger partial charge in [0, 0.05) is 18.0 Å². The molecular weight excluding hydrogens is 403 g/mol. The van der Waals surface area contributed by atoms with E-state index in [0.29, 0.717) is 22.7 Å². The summed E-state index contributed by atoms with van der Waals surface area (Å²) >= 11 is 6.03. The molecule has 0 N–H and O–H groups in total. The number of ether oxygens (including phenoxy) is 1. The van der Waals surface area contributed by atoms with E-state index < -0.39 is 11.7 Å². The van der Waals surface area contributed by atoms with Crippen molar-refractivity contribution in [2.75, 3.05) is 6.61 Å². The first kappa shape index (κ1) is 21.4. The molecule has 8 heteroatoms. The van der Waals surface area contributed by atoms with E-state index in [1.165, 1.54) is 22.8 Å². The number of aromatic nitrogens is 3. The summed E-state index contributed by atoms with van der Waals surface area (Å²) in [7, 11) is 0. The maximum Gasteiger partial charge on any atom is 0.419 e.